The third-order valence-corrected chi connectivity index (χ3v) is 6.05. The van der Waals surface area contributed by atoms with Gasteiger partial charge >= 0.3 is 6.18 Å². The maximum absolute atomic E-state index is 14.4. The van der Waals surface area contributed by atoms with Crippen molar-refractivity contribution in [3.05, 3.63) is 71.3 Å². The molecule has 196 valence electrons. The lowest BCUT2D eigenvalue weighted by molar-refractivity contribution is -0.145. The molecular weight excluding hydrogens is 494 g/mol. The number of amides is 2. The molecule has 3 heterocycles. The van der Waals surface area contributed by atoms with Crippen LogP contribution in [0, 0.1) is 0 Å². The summed E-state index contributed by atoms with van der Waals surface area (Å²) in [7, 11) is 0. The van der Waals surface area contributed by atoms with Crippen LogP contribution < -0.4 is 5.32 Å². The molecule has 0 spiro atoms. The highest BCUT2D eigenvalue weighted by Gasteiger charge is 2.41. The first kappa shape index (κ1) is 26.2. The molecule has 9 nitrogen and oxygen atoms in total. The summed E-state index contributed by atoms with van der Waals surface area (Å²) < 4.78 is 52.6. The fourth-order valence-corrected chi connectivity index (χ4v) is 4.09. The number of carbonyl (C=O) groups excluding carboxylic acids is 2. The second-order valence-electron chi connectivity index (χ2n) is 9.06. The smallest absolute Gasteiger partial charge is 0.342 e. The van der Waals surface area contributed by atoms with E-state index in [2.05, 4.69) is 25.7 Å². The van der Waals surface area contributed by atoms with Crippen LogP contribution >= 0.6 is 0 Å². The Morgan fingerprint density at radius 1 is 1.11 bits per heavy atom. The van der Waals surface area contributed by atoms with Gasteiger partial charge in [-0.3, -0.25) is 14.6 Å². The Balaban J connectivity index is 1.53. The molecule has 1 saturated heterocycles. The molecule has 1 aliphatic rings. The molecule has 37 heavy (non-hydrogen) atoms. The lowest BCUT2D eigenvalue weighted by Gasteiger charge is -2.26. The molecule has 0 unspecified atom stereocenters. The first-order chi connectivity index (χ1) is 17.5. The van der Waals surface area contributed by atoms with Gasteiger partial charge in [-0.15, -0.1) is 10.2 Å². The zero-order valence-corrected chi connectivity index (χ0v) is 20.1. The average Bonchev–Trinajstić information content (AvgIpc) is 3.50. The van der Waals surface area contributed by atoms with Gasteiger partial charge in [0.25, 0.3) is 5.82 Å². The molecule has 3 aromatic rings. The van der Waals surface area contributed by atoms with Crippen molar-refractivity contribution in [2.45, 2.75) is 57.2 Å². The van der Waals surface area contributed by atoms with Crippen molar-refractivity contribution in [3.63, 3.8) is 0 Å². The summed E-state index contributed by atoms with van der Waals surface area (Å²) in [4.78, 5) is 32.1. The summed E-state index contributed by atoms with van der Waals surface area (Å²) in [6.07, 6.45) is -4.83. The number of carbonyl (C=O) groups is 2. The minimum absolute atomic E-state index is 0.253. The number of likely N-dealkylation sites (tertiary alicyclic amines) is 1. The molecule has 0 aliphatic carbocycles. The van der Waals surface area contributed by atoms with Gasteiger partial charge in [0.2, 0.25) is 11.8 Å². The highest BCUT2D eigenvalue weighted by atomic mass is 19.4. The average molecular weight is 520 g/mol. The summed E-state index contributed by atoms with van der Waals surface area (Å²) in [5.74, 6) is -2.65. The van der Waals surface area contributed by atoms with Crippen molar-refractivity contribution in [3.8, 4) is 0 Å². The number of aromatic nitrogens is 5. The van der Waals surface area contributed by atoms with Gasteiger partial charge in [-0.2, -0.15) is 18.0 Å². The largest absolute Gasteiger partial charge is 0.455 e. The summed E-state index contributed by atoms with van der Waals surface area (Å²) in [6, 6.07) is 10.9. The fraction of sp³-hybridized carbons (Fsp3) is 0.417. The lowest BCUT2D eigenvalue weighted by atomic mass is 10.00. The van der Waals surface area contributed by atoms with E-state index in [9.17, 15) is 27.2 Å². The number of tetrazole rings is 1. The van der Waals surface area contributed by atoms with Gasteiger partial charge in [0.05, 0.1) is 18.3 Å². The number of rotatable bonds is 7. The van der Waals surface area contributed by atoms with Crippen LogP contribution in [0.2, 0.25) is 0 Å². The number of pyridine rings is 1. The number of hydrogen-bond acceptors (Lipinski definition) is 6. The fourth-order valence-electron chi connectivity index (χ4n) is 4.09. The van der Waals surface area contributed by atoms with Crippen LogP contribution in [0.5, 0.6) is 0 Å². The maximum atomic E-state index is 14.4. The highest BCUT2D eigenvalue weighted by molar-refractivity contribution is 5.88. The van der Waals surface area contributed by atoms with Crippen LogP contribution in [0.15, 0.2) is 48.7 Å². The van der Waals surface area contributed by atoms with E-state index >= 15 is 0 Å². The highest BCUT2D eigenvalue weighted by Crippen LogP contribution is 2.27. The second kappa shape index (κ2) is 10.6. The Morgan fingerprint density at radius 2 is 1.84 bits per heavy atom. The molecule has 3 atom stereocenters. The van der Waals surface area contributed by atoms with E-state index in [1.807, 2.05) is 38.1 Å². The summed E-state index contributed by atoms with van der Waals surface area (Å²) in [5.41, 5.74) is 2.31. The number of nitrogens with zero attached hydrogens (tertiary/aromatic N) is 6. The third-order valence-electron chi connectivity index (χ3n) is 6.05. The quantitative estimate of drug-likeness (QED) is 0.481. The minimum Gasteiger partial charge on any atom is -0.342 e. The zero-order valence-electron chi connectivity index (χ0n) is 20.1. The van der Waals surface area contributed by atoms with E-state index < -0.39 is 48.6 Å². The van der Waals surface area contributed by atoms with E-state index in [4.69, 9.17) is 0 Å². The zero-order chi connectivity index (χ0) is 26.7. The summed E-state index contributed by atoms with van der Waals surface area (Å²) >= 11 is 0. The predicted octanol–water partition coefficient (Wildman–Crippen LogP) is 3.06. The number of nitrogens with one attached hydrogen (secondary N) is 1. The van der Waals surface area contributed by atoms with E-state index in [1.165, 1.54) is 0 Å². The molecular formula is C24H25F4N7O2. The number of hydrogen-bond donors (Lipinski definition) is 1. The molecule has 4 rings (SSSR count). The van der Waals surface area contributed by atoms with Gasteiger partial charge in [0.1, 0.15) is 18.8 Å². The number of alkyl halides is 4. The molecule has 2 aromatic heterocycles. The molecule has 0 saturated carbocycles. The van der Waals surface area contributed by atoms with Gasteiger partial charge in [0, 0.05) is 12.6 Å². The molecule has 2 amide bonds. The molecule has 1 fully saturated rings. The Kier molecular flexibility index (Phi) is 7.50. The van der Waals surface area contributed by atoms with Gasteiger partial charge in [0.15, 0.2) is 0 Å². The Bertz CT molecular complexity index is 1230. The van der Waals surface area contributed by atoms with Crippen LogP contribution in [0.3, 0.4) is 0 Å². The molecule has 1 aromatic carbocycles. The lowest BCUT2D eigenvalue weighted by Crippen LogP contribution is -2.48. The van der Waals surface area contributed by atoms with E-state index in [0.29, 0.717) is 10.5 Å². The van der Waals surface area contributed by atoms with Crippen LogP contribution in [0.25, 0.3) is 0 Å². The van der Waals surface area contributed by atoms with Gasteiger partial charge in [-0.25, -0.2) is 4.39 Å². The van der Waals surface area contributed by atoms with E-state index in [0.717, 1.165) is 16.0 Å². The van der Waals surface area contributed by atoms with Crippen molar-refractivity contribution in [1.29, 1.82) is 0 Å². The Labute approximate surface area is 209 Å². The Hall–Kier alpha value is -3.90. The van der Waals surface area contributed by atoms with Crippen molar-refractivity contribution >= 4 is 11.8 Å². The van der Waals surface area contributed by atoms with E-state index in [-0.39, 0.29) is 18.9 Å². The molecule has 1 aliphatic heterocycles. The molecule has 0 bridgehead atoms. The van der Waals surface area contributed by atoms with E-state index in [1.54, 1.807) is 24.4 Å². The first-order valence-electron chi connectivity index (χ1n) is 11.6. The van der Waals surface area contributed by atoms with Crippen molar-refractivity contribution in [2.75, 3.05) is 6.54 Å². The number of halogens is 4. The monoisotopic (exact) mass is 519 g/mol. The topological polar surface area (TPSA) is 106 Å². The van der Waals surface area contributed by atoms with Crippen LogP contribution in [-0.4, -0.2) is 60.7 Å². The minimum atomic E-state index is -4.82. The molecule has 13 heteroatoms. The van der Waals surface area contributed by atoms with Crippen LogP contribution in [0.1, 0.15) is 54.9 Å². The third kappa shape index (κ3) is 6.09. The standard InChI is InChI=1S/C24H25F4N7O2/c1-14(2)16-8-9-18(29-11-16)21(15-6-4-3-5-7-15)30-22(37)19-10-17(25)12-34(19)20(36)13-35-32-23(31-33-35)24(26,27)28/h3-9,11,14,17,19,21H,10,12-13H2,1-2H3,(H,30,37)/t17-,19+,21+/m1/s1. The van der Waals surface area contributed by atoms with Gasteiger partial charge in [-0.05, 0) is 28.3 Å². The predicted molar refractivity (Wildman–Crippen MR) is 123 cm³/mol. The van der Waals surface area contributed by atoms with Crippen molar-refractivity contribution < 1.29 is 27.2 Å². The number of benzene rings is 1. The summed E-state index contributed by atoms with van der Waals surface area (Å²) in [5, 5.41) is 12.1. The van der Waals surface area contributed by atoms with Crippen LogP contribution in [0.4, 0.5) is 17.6 Å². The summed E-state index contributed by atoms with van der Waals surface area (Å²) in [6.45, 7) is 2.96. The van der Waals surface area contributed by atoms with Crippen molar-refractivity contribution in [1.82, 2.24) is 35.4 Å². The van der Waals surface area contributed by atoms with Gasteiger partial charge < -0.3 is 10.2 Å². The SMILES string of the molecule is CC(C)c1ccc([C@@H](NC(=O)[C@@H]2C[C@@H](F)CN2C(=O)Cn2nnc(C(F)(F)F)n2)c2ccccc2)nc1. The molecule has 1 N–H and O–H groups in total. The first-order valence-corrected chi connectivity index (χ1v) is 11.6. The molecule has 0 radical (unpaired) electrons. The normalized spacial score (nSPS) is 18.7. The van der Waals surface area contributed by atoms with Crippen LogP contribution in [-0.2, 0) is 22.3 Å². The maximum Gasteiger partial charge on any atom is 0.455 e. The van der Waals surface area contributed by atoms with Gasteiger partial charge in [-0.1, -0.05) is 50.2 Å². The second-order valence-corrected chi connectivity index (χ2v) is 9.06. The Morgan fingerprint density at radius 3 is 2.43 bits per heavy atom. The van der Waals surface area contributed by atoms with Crippen molar-refractivity contribution in [2.24, 2.45) is 0 Å².